The molecule has 0 radical (unpaired) electrons. The molecule has 1 heterocycles. The Balaban J connectivity index is 2.34. The number of ether oxygens (including phenoxy) is 1. The van der Waals surface area contributed by atoms with Crippen molar-refractivity contribution in [1.82, 2.24) is 0 Å². The molecule has 1 aliphatic rings. The quantitative estimate of drug-likeness (QED) is 0.847. The fourth-order valence-corrected chi connectivity index (χ4v) is 3.75. The van der Waals surface area contributed by atoms with Crippen molar-refractivity contribution in [3.8, 4) is 0 Å². The molecule has 18 heavy (non-hydrogen) atoms. The Labute approximate surface area is 104 Å². The van der Waals surface area contributed by atoms with Crippen LogP contribution in [-0.2, 0) is 14.6 Å². The molecule has 2 N–H and O–H groups in total. The molecule has 1 unspecified atom stereocenters. The Morgan fingerprint density at radius 3 is 2.44 bits per heavy atom. The molecule has 0 aliphatic carbocycles. The van der Waals surface area contributed by atoms with Crippen molar-refractivity contribution < 1.29 is 21.9 Å². The summed E-state index contributed by atoms with van der Waals surface area (Å²) in [6.07, 6.45) is 0.581. The zero-order valence-corrected chi connectivity index (χ0v) is 10.3. The van der Waals surface area contributed by atoms with Crippen LogP contribution in [0.4, 0.5) is 14.5 Å². The maximum Gasteiger partial charge on any atom is 0.184 e. The van der Waals surface area contributed by atoms with Gasteiger partial charge in [0.25, 0.3) is 0 Å². The first-order valence-corrected chi connectivity index (χ1v) is 7.10. The van der Waals surface area contributed by atoms with Crippen LogP contribution in [0.2, 0.25) is 0 Å². The maximum absolute atomic E-state index is 13.6. The monoisotopic (exact) mass is 277 g/mol. The number of sulfone groups is 1. The van der Waals surface area contributed by atoms with Gasteiger partial charge in [0.15, 0.2) is 9.84 Å². The predicted molar refractivity (Wildman–Crippen MR) is 61.7 cm³/mol. The van der Waals surface area contributed by atoms with E-state index in [2.05, 4.69) is 0 Å². The van der Waals surface area contributed by atoms with Crippen LogP contribution in [-0.4, -0.2) is 27.4 Å². The maximum atomic E-state index is 13.6. The van der Waals surface area contributed by atoms with E-state index in [-0.39, 0.29) is 17.4 Å². The number of hydrogen-bond acceptors (Lipinski definition) is 4. The lowest BCUT2D eigenvalue weighted by atomic mass is 10.2. The zero-order valence-electron chi connectivity index (χ0n) is 9.53. The number of benzene rings is 1. The van der Waals surface area contributed by atoms with Crippen LogP contribution in [0.25, 0.3) is 0 Å². The molecule has 1 saturated heterocycles. The number of nitrogens with two attached hydrogens (primary N) is 1. The fourth-order valence-electron chi connectivity index (χ4n) is 1.99. The van der Waals surface area contributed by atoms with E-state index < -0.39 is 26.4 Å². The minimum absolute atomic E-state index is 0.145. The van der Waals surface area contributed by atoms with Gasteiger partial charge in [-0.15, -0.1) is 0 Å². The van der Waals surface area contributed by atoms with Gasteiger partial charge in [0.05, 0.1) is 12.4 Å². The third-order valence-corrected chi connectivity index (χ3v) is 4.73. The van der Waals surface area contributed by atoms with Crippen LogP contribution >= 0.6 is 0 Å². The van der Waals surface area contributed by atoms with Crippen molar-refractivity contribution in [3.63, 3.8) is 0 Å². The van der Waals surface area contributed by atoms with Gasteiger partial charge in [0.1, 0.15) is 16.5 Å². The summed E-state index contributed by atoms with van der Waals surface area (Å²) in [6, 6.07) is 1.61. The standard InChI is InChI=1S/C11H13F2NO3S/c12-9-3-8(14)4-10(13)11(9)18(15,16)6-7-1-2-17-5-7/h3-4,7H,1-2,5-6,14H2. The SMILES string of the molecule is Nc1cc(F)c(S(=O)(=O)CC2CCOC2)c(F)c1. The van der Waals surface area contributed by atoms with Gasteiger partial charge in [-0.2, -0.15) is 0 Å². The van der Waals surface area contributed by atoms with Crippen molar-refractivity contribution >= 4 is 15.5 Å². The zero-order chi connectivity index (χ0) is 13.3. The Bertz CT molecular complexity index is 530. The van der Waals surface area contributed by atoms with Crippen LogP contribution in [0.3, 0.4) is 0 Å². The minimum atomic E-state index is -4.01. The van der Waals surface area contributed by atoms with Crippen LogP contribution < -0.4 is 5.73 Å². The molecule has 4 nitrogen and oxygen atoms in total. The molecule has 1 fully saturated rings. The second-order valence-corrected chi connectivity index (χ2v) is 6.30. The van der Waals surface area contributed by atoms with Crippen LogP contribution in [0.5, 0.6) is 0 Å². The lowest BCUT2D eigenvalue weighted by molar-refractivity contribution is 0.188. The summed E-state index contributed by atoms with van der Waals surface area (Å²) < 4.78 is 56.1. The van der Waals surface area contributed by atoms with Crippen molar-refractivity contribution in [2.75, 3.05) is 24.7 Å². The third-order valence-electron chi connectivity index (χ3n) is 2.81. The topological polar surface area (TPSA) is 69.4 Å². The van der Waals surface area contributed by atoms with E-state index in [1.165, 1.54) is 0 Å². The highest BCUT2D eigenvalue weighted by Gasteiger charge is 2.29. The predicted octanol–water partition coefficient (Wildman–Crippen LogP) is 1.36. The highest BCUT2D eigenvalue weighted by atomic mass is 32.2. The summed E-state index contributed by atoms with van der Waals surface area (Å²) in [5.74, 6) is -2.82. The summed E-state index contributed by atoms with van der Waals surface area (Å²) in [7, 11) is -4.01. The molecule has 0 aromatic heterocycles. The van der Waals surface area contributed by atoms with Crippen LogP contribution in [0, 0.1) is 17.6 Å². The van der Waals surface area contributed by atoms with Gasteiger partial charge in [0, 0.05) is 12.3 Å². The summed E-state index contributed by atoms with van der Waals surface area (Å²) >= 11 is 0. The van der Waals surface area contributed by atoms with Crippen molar-refractivity contribution in [1.29, 1.82) is 0 Å². The molecule has 0 spiro atoms. The first kappa shape index (κ1) is 13.2. The van der Waals surface area contributed by atoms with Gasteiger partial charge < -0.3 is 10.5 Å². The van der Waals surface area contributed by atoms with Crippen molar-refractivity contribution in [2.45, 2.75) is 11.3 Å². The van der Waals surface area contributed by atoms with Crippen molar-refractivity contribution in [2.24, 2.45) is 5.92 Å². The minimum Gasteiger partial charge on any atom is -0.399 e. The summed E-state index contributed by atoms with van der Waals surface area (Å²) in [4.78, 5) is -0.899. The molecule has 0 saturated carbocycles. The Hall–Kier alpha value is -1.21. The first-order chi connectivity index (χ1) is 8.40. The number of hydrogen-bond donors (Lipinski definition) is 1. The fraction of sp³-hybridized carbons (Fsp3) is 0.455. The van der Waals surface area contributed by atoms with E-state index in [1.54, 1.807) is 0 Å². The molecule has 1 atom stereocenters. The van der Waals surface area contributed by atoms with Crippen LogP contribution in [0.1, 0.15) is 6.42 Å². The summed E-state index contributed by atoms with van der Waals surface area (Å²) in [5.41, 5.74) is 5.10. The van der Waals surface area contributed by atoms with Crippen LogP contribution in [0.15, 0.2) is 17.0 Å². The Morgan fingerprint density at radius 1 is 1.33 bits per heavy atom. The summed E-state index contributed by atoms with van der Waals surface area (Å²) in [6.45, 7) is 0.782. The molecule has 100 valence electrons. The molecular weight excluding hydrogens is 264 g/mol. The number of nitrogen functional groups attached to an aromatic ring is 1. The van der Waals surface area contributed by atoms with E-state index in [1.807, 2.05) is 0 Å². The van der Waals surface area contributed by atoms with E-state index >= 15 is 0 Å². The Morgan fingerprint density at radius 2 is 1.94 bits per heavy atom. The molecule has 2 rings (SSSR count). The number of rotatable bonds is 3. The van der Waals surface area contributed by atoms with E-state index in [9.17, 15) is 17.2 Å². The molecule has 1 aromatic rings. The van der Waals surface area contributed by atoms with E-state index in [0.717, 1.165) is 12.1 Å². The molecule has 0 amide bonds. The van der Waals surface area contributed by atoms with Gasteiger partial charge in [-0.25, -0.2) is 17.2 Å². The van der Waals surface area contributed by atoms with Gasteiger partial charge >= 0.3 is 0 Å². The van der Waals surface area contributed by atoms with E-state index in [4.69, 9.17) is 10.5 Å². The normalized spacial score (nSPS) is 20.2. The van der Waals surface area contributed by atoms with Gasteiger partial charge in [-0.1, -0.05) is 0 Å². The molecule has 1 aromatic carbocycles. The molecule has 1 aliphatic heterocycles. The second kappa shape index (κ2) is 4.81. The molecule has 0 bridgehead atoms. The second-order valence-electron chi connectivity index (χ2n) is 4.32. The lowest BCUT2D eigenvalue weighted by Gasteiger charge is -2.11. The largest absolute Gasteiger partial charge is 0.399 e. The highest BCUT2D eigenvalue weighted by Crippen LogP contribution is 2.26. The van der Waals surface area contributed by atoms with E-state index in [0.29, 0.717) is 19.6 Å². The highest BCUT2D eigenvalue weighted by molar-refractivity contribution is 7.91. The molecular formula is C11H13F2NO3S. The van der Waals surface area contributed by atoms with Gasteiger partial charge in [-0.3, -0.25) is 0 Å². The lowest BCUT2D eigenvalue weighted by Crippen LogP contribution is -2.19. The third kappa shape index (κ3) is 2.62. The number of anilines is 1. The first-order valence-electron chi connectivity index (χ1n) is 5.45. The average molecular weight is 277 g/mol. The van der Waals surface area contributed by atoms with Gasteiger partial charge in [-0.05, 0) is 24.5 Å². The number of halogens is 2. The van der Waals surface area contributed by atoms with Crippen molar-refractivity contribution in [3.05, 3.63) is 23.8 Å². The average Bonchev–Trinajstić information content (AvgIpc) is 2.66. The van der Waals surface area contributed by atoms with Gasteiger partial charge in [0.2, 0.25) is 0 Å². The summed E-state index contributed by atoms with van der Waals surface area (Å²) in [5, 5.41) is 0. The Kier molecular flexibility index (Phi) is 3.54. The molecule has 7 heteroatoms. The smallest absolute Gasteiger partial charge is 0.184 e.